The van der Waals surface area contributed by atoms with E-state index in [0.717, 1.165) is 21.9 Å². The molecule has 0 unspecified atom stereocenters. The lowest BCUT2D eigenvalue weighted by atomic mass is 10.2. The van der Waals surface area contributed by atoms with Crippen molar-refractivity contribution in [2.24, 2.45) is 0 Å². The van der Waals surface area contributed by atoms with Crippen LogP contribution in [0.1, 0.15) is 10.4 Å². The Balaban J connectivity index is 1.80. The van der Waals surface area contributed by atoms with E-state index in [0.29, 0.717) is 11.5 Å². The standard InChI is InChI=1S/C11H9BrN4OS/c12-8-3-1-7(2-4-8)9(17)13-10-14-15-11-16(10)5-6-18-11/h1-4H,5-6H2,(H,13,14,17). The highest BCUT2D eigenvalue weighted by Crippen LogP contribution is 2.26. The van der Waals surface area contributed by atoms with E-state index in [4.69, 9.17) is 0 Å². The summed E-state index contributed by atoms with van der Waals surface area (Å²) in [7, 11) is 0. The summed E-state index contributed by atoms with van der Waals surface area (Å²) in [4.78, 5) is 12.0. The Morgan fingerprint density at radius 2 is 2.11 bits per heavy atom. The molecular formula is C11H9BrN4OS. The zero-order chi connectivity index (χ0) is 12.5. The fraction of sp³-hybridized carbons (Fsp3) is 0.182. The Morgan fingerprint density at radius 3 is 2.89 bits per heavy atom. The van der Waals surface area contributed by atoms with Crippen LogP contribution in [0.25, 0.3) is 0 Å². The van der Waals surface area contributed by atoms with Crippen molar-refractivity contribution in [3.63, 3.8) is 0 Å². The highest BCUT2D eigenvalue weighted by molar-refractivity contribution is 9.10. The number of fused-ring (bicyclic) bond motifs is 1. The highest BCUT2D eigenvalue weighted by Gasteiger charge is 2.19. The zero-order valence-corrected chi connectivity index (χ0v) is 11.7. The first-order valence-electron chi connectivity index (χ1n) is 5.37. The molecule has 1 aromatic heterocycles. The van der Waals surface area contributed by atoms with Crippen LogP contribution in [-0.4, -0.2) is 26.4 Å². The van der Waals surface area contributed by atoms with Crippen molar-refractivity contribution in [2.45, 2.75) is 11.7 Å². The van der Waals surface area contributed by atoms with Crippen LogP contribution in [0, 0.1) is 0 Å². The number of carbonyl (C=O) groups excluding carboxylic acids is 1. The van der Waals surface area contributed by atoms with Gasteiger partial charge in [-0.15, -0.1) is 10.2 Å². The first-order valence-corrected chi connectivity index (χ1v) is 7.15. The lowest BCUT2D eigenvalue weighted by Gasteiger charge is -2.04. The van der Waals surface area contributed by atoms with Crippen molar-refractivity contribution < 1.29 is 4.79 Å². The SMILES string of the molecule is O=C(Nc1nnc2n1CCS2)c1ccc(Br)cc1. The molecule has 7 heteroatoms. The fourth-order valence-electron chi connectivity index (χ4n) is 1.69. The lowest BCUT2D eigenvalue weighted by molar-refractivity contribution is 0.102. The van der Waals surface area contributed by atoms with E-state index < -0.39 is 0 Å². The minimum Gasteiger partial charge on any atom is -0.290 e. The second-order valence-electron chi connectivity index (χ2n) is 3.77. The molecule has 1 aliphatic rings. The molecule has 0 atom stereocenters. The van der Waals surface area contributed by atoms with Crippen molar-refractivity contribution >= 4 is 39.5 Å². The third-order valence-corrected chi connectivity index (χ3v) is 4.07. The van der Waals surface area contributed by atoms with Gasteiger partial charge in [0.05, 0.1) is 0 Å². The van der Waals surface area contributed by atoms with Gasteiger partial charge in [0.2, 0.25) is 5.95 Å². The van der Waals surface area contributed by atoms with E-state index in [2.05, 4.69) is 31.4 Å². The van der Waals surface area contributed by atoms with Gasteiger partial charge in [-0.25, -0.2) is 0 Å². The van der Waals surface area contributed by atoms with Crippen molar-refractivity contribution in [3.8, 4) is 0 Å². The van der Waals surface area contributed by atoms with Gasteiger partial charge in [0, 0.05) is 22.3 Å². The van der Waals surface area contributed by atoms with Crippen molar-refractivity contribution in [1.29, 1.82) is 0 Å². The number of carbonyl (C=O) groups is 1. The number of benzene rings is 1. The third-order valence-electron chi connectivity index (χ3n) is 2.59. The van der Waals surface area contributed by atoms with Crippen LogP contribution in [0.4, 0.5) is 5.95 Å². The van der Waals surface area contributed by atoms with Gasteiger partial charge in [-0.05, 0) is 24.3 Å². The second kappa shape index (κ2) is 4.74. The fourth-order valence-corrected chi connectivity index (χ4v) is 2.85. The van der Waals surface area contributed by atoms with Gasteiger partial charge in [-0.2, -0.15) is 0 Å². The number of halogens is 1. The minimum atomic E-state index is -0.172. The number of nitrogens with one attached hydrogen (secondary N) is 1. The van der Waals surface area contributed by atoms with Gasteiger partial charge in [0.1, 0.15) is 0 Å². The molecule has 1 amide bonds. The molecule has 0 saturated heterocycles. The molecule has 0 bridgehead atoms. The molecule has 3 rings (SSSR count). The van der Waals surface area contributed by atoms with Gasteiger partial charge in [-0.3, -0.25) is 14.7 Å². The Kier molecular flexibility index (Phi) is 3.09. The molecule has 2 aromatic rings. The molecular weight excluding hydrogens is 316 g/mol. The highest BCUT2D eigenvalue weighted by atomic mass is 79.9. The number of hydrogen-bond donors (Lipinski definition) is 1. The molecule has 92 valence electrons. The van der Waals surface area contributed by atoms with Crippen LogP contribution in [0.3, 0.4) is 0 Å². The monoisotopic (exact) mass is 324 g/mol. The molecule has 5 nitrogen and oxygen atoms in total. The maximum absolute atomic E-state index is 12.0. The molecule has 1 aromatic carbocycles. The average Bonchev–Trinajstić information content (AvgIpc) is 2.95. The molecule has 0 saturated carbocycles. The van der Waals surface area contributed by atoms with E-state index in [1.807, 2.05) is 16.7 Å². The van der Waals surface area contributed by atoms with Crippen LogP contribution in [0.2, 0.25) is 0 Å². The summed E-state index contributed by atoms with van der Waals surface area (Å²) in [6.45, 7) is 0.836. The largest absolute Gasteiger partial charge is 0.290 e. The number of amides is 1. The van der Waals surface area contributed by atoms with E-state index in [1.165, 1.54) is 0 Å². The topological polar surface area (TPSA) is 59.8 Å². The molecule has 0 fully saturated rings. The maximum Gasteiger partial charge on any atom is 0.258 e. The van der Waals surface area contributed by atoms with E-state index in [1.54, 1.807) is 23.9 Å². The van der Waals surface area contributed by atoms with Gasteiger partial charge in [0.15, 0.2) is 5.16 Å². The smallest absolute Gasteiger partial charge is 0.258 e. The van der Waals surface area contributed by atoms with Crippen LogP contribution in [0.15, 0.2) is 33.9 Å². The molecule has 1 aliphatic heterocycles. The van der Waals surface area contributed by atoms with Gasteiger partial charge < -0.3 is 0 Å². The molecule has 2 heterocycles. The first-order chi connectivity index (χ1) is 8.74. The van der Waals surface area contributed by atoms with E-state index in [-0.39, 0.29) is 5.91 Å². The van der Waals surface area contributed by atoms with Gasteiger partial charge >= 0.3 is 0 Å². The predicted molar refractivity (Wildman–Crippen MR) is 72.8 cm³/mol. The van der Waals surface area contributed by atoms with Crippen molar-refractivity contribution in [3.05, 3.63) is 34.3 Å². The van der Waals surface area contributed by atoms with E-state index in [9.17, 15) is 4.79 Å². The van der Waals surface area contributed by atoms with Crippen molar-refractivity contribution in [1.82, 2.24) is 14.8 Å². The Morgan fingerprint density at radius 1 is 1.33 bits per heavy atom. The summed E-state index contributed by atoms with van der Waals surface area (Å²) < 4.78 is 2.86. The maximum atomic E-state index is 12.0. The summed E-state index contributed by atoms with van der Waals surface area (Å²) >= 11 is 4.98. The molecule has 1 N–H and O–H groups in total. The summed E-state index contributed by atoms with van der Waals surface area (Å²) in [5, 5.41) is 11.6. The quantitative estimate of drug-likeness (QED) is 0.921. The number of aromatic nitrogens is 3. The molecule has 0 spiro atoms. The Bertz CT molecular complexity index is 596. The number of rotatable bonds is 2. The number of thioether (sulfide) groups is 1. The summed E-state index contributed by atoms with van der Waals surface area (Å²) in [5.41, 5.74) is 0.598. The predicted octanol–water partition coefficient (Wildman–Crippen LogP) is 2.40. The first kappa shape index (κ1) is 11.7. The van der Waals surface area contributed by atoms with Crippen LogP contribution < -0.4 is 5.32 Å². The third kappa shape index (κ3) is 2.15. The number of anilines is 1. The van der Waals surface area contributed by atoms with Crippen LogP contribution >= 0.6 is 27.7 Å². The zero-order valence-electron chi connectivity index (χ0n) is 9.26. The molecule has 18 heavy (non-hydrogen) atoms. The van der Waals surface area contributed by atoms with Gasteiger partial charge in [0.25, 0.3) is 5.91 Å². The summed E-state index contributed by atoms with van der Waals surface area (Å²) in [5.74, 6) is 1.32. The van der Waals surface area contributed by atoms with E-state index >= 15 is 0 Å². The second-order valence-corrected chi connectivity index (χ2v) is 5.75. The molecule has 0 radical (unpaired) electrons. The normalized spacial score (nSPS) is 13.4. The number of nitrogens with zero attached hydrogens (tertiary/aromatic N) is 3. The van der Waals surface area contributed by atoms with Gasteiger partial charge in [-0.1, -0.05) is 27.7 Å². The summed E-state index contributed by atoms with van der Waals surface area (Å²) in [6.07, 6.45) is 0. The number of hydrogen-bond acceptors (Lipinski definition) is 4. The Labute approximate surface area is 116 Å². The lowest BCUT2D eigenvalue weighted by Crippen LogP contribution is -2.15. The molecule has 0 aliphatic carbocycles. The van der Waals surface area contributed by atoms with Crippen LogP contribution in [0.5, 0.6) is 0 Å². The average molecular weight is 325 g/mol. The summed E-state index contributed by atoms with van der Waals surface area (Å²) in [6, 6.07) is 7.18. The minimum absolute atomic E-state index is 0.172. The Hall–Kier alpha value is -1.34. The van der Waals surface area contributed by atoms with Crippen LogP contribution in [-0.2, 0) is 6.54 Å². The van der Waals surface area contributed by atoms with Crippen molar-refractivity contribution in [2.75, 3.05) is 11.1 Å².